The molecule has 3 rings (SSSR count). The number of nitrogens with zero attached hydrogens (tertiary/aromatic N) is 4. The SMILES string of the molecule is Cc1cccc(OC(C)CNC(=NCc2nnc(C)n2C)NCc2cccs2)c1. The van der Waals surface area contributed by atoms with Crippen LogP contribution in [0.4, 0.5) is 0 Å². The maximum absolute atomic E-state index is 6.01. The Morgan fingerprint density at radius 1 is 1.21 bits per heavy atom. The molecular weight excluding hydrogens is 384 g/mol. The fourth-order valence-electron chi connectivity index (χ4n) is 2.70. The third kappa shape index (κ3) is 6.32. The van der Waals surface area contributed by atoms with Gasteiger partial charge in [-0.2, -0.15) is 0 Å². The molecule has 2 heterocycles. The van der Waals surface area contributed by atoms with Crippen molar-refractivity contribution in [1.29, 1.82) is 0 Å². The van der Waals surface area contributed by atoms with Crippen LogP contribution >= 0.6 is 11.3 Å². The summed E-state index contributed by atoms with van der Waals surface area (Å²) in [5.41, 5.74) is 1.18. The Morgan fingerprint density at radius 3 is 2.76 bits per heavy atom. The van der Waals surface area contributed by atoms with Gasteiger partial charge in [0.2, 0.25) is 0 Å². The van der Waals surface area contributed by atoms with Crippen LogP contribution in [0, 0.1) is 13.8 Å². The van der Waals surface area contributed by atoms with Crippen molar-refractivity contribution in [2.45, 2.75) is 40.0 Å². The van der Waals surface area contributed by atoms with Gasteiger partial charge in [-0.15, -0.1) is 21.5 Å². The number of aromatic nitrogens is 3. The zero-order valence-electron chi connectivity index (χ0n) is 17.3. The largest absolute Gasteiger partial charge is 0.489 e. The van der Waals surface area contributed by atoms with E-state index in [0.717, 1.165) is 23.4 Å². The topological polar surface area (TPSA) is 76.4 Å². The number of hydrogen-bond acceptors (Lipinski definition) is 5. The van der Waals surface area contributed by atoms with E-state index in [0.29, 0.717) is 19.6 Å². The van der Waals surface area contributed by atoms with Crippen molar-refractivity contribution < 1.29 is 4.74 Å². The molecule has 0 radical (unpaired) electrons. The molecule has 0 spiro atoms. The van der Waals surface area contributed by atoms with E-state index in [-0.39, 0.29) is 6.10 Å². The summed E-state index contributed by atoms with van der Waals surface area (Å²) in [5.74, 6) is 3.29. The van der Waals surface area contributed by atoms with E-state index in [1.165, 1.54) is 10.4 Å². The van der Waals surface area contributed by atoms with Gasteiger partial charge < -0.3 is 19.9 Å². The summed E-state index contributed by atoms with van der Waals surface area (Å²) < 4.78 is 7.96. The average molecular weight is 413 g/mol. The van der Waals surface area contributed by atoms with Crippen LogP contribution in [-0.2, 0) is 20.1 Å². The minimum atomic E-state index is -0.0115. The fraction of sp³-hybridized carbons (Fsp3) is 0.381. The molecule has 2 N–H and O–H groups in total. The maximum atomic E-state index is 6.01. The standard InChI is InChI=1S/C21H28N6OS/c1-15-7-5-8-18(11-15)28-16(2)12-22-21(23-13-19-9-6-10-29-19)24-14-20-26-25-17(3)27(20)4/h5-11,16H,12-14H2,1-4H3,(H2,22,23,24). The van der Waals surface area contributed by atoms with Crippen LogP contribution in [0.5, 0.6) is 5.75 Å². The van der Waals surface area contributed by atoms with E-state index in [4.69, 9.17) is 4.74 Å². The van der Waals surface area contributed by atoms with Crippen molar-refractivity contribution in [3.05, 3.63) is 63.9 Å². The summed E-state index contributed by atoms with van der Waals surface area (Å²) in [6.07, 6.45) is -0.0115. The lowest BCUT2D eigenvalue weighted by atomic mass is 10.2. The molecule has 3 aromatic rings. The fourth-order valence-corrected chi connectivity index (χ4v) is 3.34. The van der Waals surface area contributed by atoms with Crippen LogP contribution in [0.1, 0.15) is 29.0 Å². The van der Waals surface area contributed by atoms with Crippen LogP contribution in [0.25, 0.3) is 0 Å². The summed E-state index contributed by atoms with van der Waals surface area (Å²) in [7, 11) is 1.95. The molecule has 7 nitrogen and oxygen atoms in total. The lowest BCUT2D eigenvalue weighted by molar-refractivity contribution is 0.223. The molecule has 0 fully saturated rings. The Kier molecular flexibility index (Phi) is 7.24. The maximum Gasteiger partial charge on any atom is 0.192 e. The first kappa shape index (κ1) is 20.9. The summed E-state index contributed by atoms with van der Waals surface area (Å²) >= 11 is 1.72. The van der Waals surface area contributed by atoms with Gasteiger partial charge in [0, 0.05) is 11.9 Å². The highest BCUT2D eigenvalue weighted by Crippen LogP contribution is 2.14. The van der Waals surface area contributed by atoms with Crippen molar-refractivity contribution in [2.24, 2.45) is 12.0 Å². The molecular formula is C21H28N6OS. The Balaban J connectivity index is 1.60. The highest BCUT2D eigenvalue weighted by molar-refractivity contribution is 7.09. The Morgan fingerprint density at radius 2 is 2.07 bits per heavy atom. The molecule has 29 heavy (non-hydrogen) atoms. The smallest absolute Gasteiger partial charge is 0.192 e. The minimum Gasteiger partial charge on any atom is -0.489 e. The molecule has 0 amide bonds. The van der Waals surface area contributed by atoms with Crippen LogP contribution in [0.2, 0.25) is 0 Å². The normalized spacial score (nSPS) is 12.6. The number of rotatable bonds is 8. The van der Waals surface area contributed by atoms with Crippen molar-refractivity contribution in [3.8, 4) is 5.75 Å². The molecule has 154 valence electrons. The van der Waals surface area contributed by atoms with Crippen molar-refractivity contribution >= 4 is 17.3 Å². The van der Waals surface area contributed by atoms with Crippen molar-refractivity contribution in [1.82, 2.24) is 25.4 Å². The number of nitrogens with one attached hydrogen (secondary N) is 2. The van der Waals surface area contributed by atoms with Gasteiger partial charge in [0.25, 0.3) is 0 Å². The summed E-state index contributed by atoms with van der Waals surface area (Å²) in [4.78, 5) is 5.93. The first-order valence-corrected chi connectivity index (χ1v) is 10.5. The van der Waals surface area contributed by atoms with E-state index in [1.54, 1.807) is 11.3 Å². The molecule has 0 aliphatic rings. The highest BCUT2D eigenvalue weighted by atomic mass is 32.1. The molecule has 0 bridgehead atoms. The molecule has 0 saturated carbocycles. The Hall–Kier alpha value is -2.87. The lowest BCUT2D eigenvalue weighted by Crippen LogP contribution is -2.41. The summed E-state index contributed by atoms with van der Waals surface area (Å²) in [6, 6.07) is 12.2. The second-order valence-corrected chi connectivity index (χ2v) is 7.98. The molecule has 1 atom stereocenters. The zero-order valence-corrected chi connectivity index (χ0v) is 18.2. The monoisotopic (exact) mass is 412 g/mol. The minimum absolute atomic E-state index is 0.0115. The molecule has 0 aliphatic carbocycles. The number of hydrogen-bond donors (Lipinski definition) is 2. The van der Waals surface area contributed by atoms with Gasteiger partial charge in [0.05, 0.1) is 13.1 Å². The van der Waals surface area contributed by atoms with E-state index < -0.39 is 0 Å². The average Bonchev–Trinajstić information content (AvgIpc) is 3.32. The first-order chi connectivity index (χ1) is 14.0. The summed E-state index contributed by atoms with van der Waals surface area (Å²) in [6.45, 7) is 7.82. The van der Waals surface area contributed by atoms with Crippen molar-refractivity contribution in [2.75, 3.05) is 6.54 Å². The number of ether oxygens (including phenoxy) is 1. The van der Waals surface area contributed by atoms with Gasteiger partial charge in [-0.3, -0.25) is 0 Å². The van der Waals surface area contributed by atoms with Crippen LogP contribution in [-0.4, -0.2) is 33.4 Å². The van der Waals surface area contributed by atoms with Gasteiger partial charge in [-0.1, -0.05) is 18.2 Å². The second-order valence-electron chi connectivity index (χ2n) is 6.95. The quantitative estimate of drug-likeness (QED) is 0.439. The summed E-state index contributed by atoms with van der Waals surface area (Å²) in [5, 5.41) is 17.1. The zero-order chi connectivity index (χ0) is 20.6. The van der Waals surface area contributed by atoms with Gasteiger partial charge in [0.15, 0.2) is 11.8 Å². The number of guanidine groups is 1. The third-order valence-electron chi connectivity index (χ3n) is 4.46. The van der Waals surface area contributed by atoms with Crippen LogP contribution in [0.3, 0.4) is 0 Å². The van der Waals surface area contributed by atoms with Gasteiger partial charge in [0.1, 0.15) is 24.2 Å². The van der Waals surface area contributed by atoms with Gasteiger partial charge in [-0.05, 0) is 49.9 Å². The highest BCUT2D eigenvalue weighted by Gasteiger charge is 2.09. The molecule has 1 unspecified atom stereocenters. The molecule has 0 saturated heterocycles. The number of thiophene rings is 1. The van der Waals surface area contributed by atoms with Gasteiger partial charge in [-0.25, -0.2) is 4.99 Å². The van der Waals surface area contributed by atoms with E-state index in [2.05, 4.69) is 50.3 Å². The molecule has 2 aromatic heterocycles. The number of benzene rings is 1. The van der Waals surface area contributed by atoms with Crippen LogP contribution < -0.4 is 15.4 Å². The lowest BCUT2D eigenvalue weighted by Gasteiger charge is -2.18. The first-order valence-electron chi connectivity index (χ1n) is 9.64. The van der Waals surface area contributed by atoms with E-state index in [1.807, 2.05) is 49.7 Å². The van der Waals surface area contributed by atoms with E-state index in [9.17, 15) is 0 Å². The molecule has 0 aliphatic heterocycles. The number of aryl methyl sites for hydroxylation is 2. The third-order valence-corrected chi connectivity index (χ3v) is 5.33. The van der Waals surface area contributed by atoms with Gasteiger partial charge >= 0.3 is 0 Å². The van der Waals surface area contributed by atoms with E-state index >= 15 is 0 Å². The second kappa shape index (κ2) is 10.1. The number of aliphatic imine (C=N–C) groups is 1. The Labute approximate surface area is 175 Å². The predicted molar refractivity (Wildman–Crippen MR) is 117 cm³/mol. The predicted octanol–water partition coefficient (Wildman–Crippen LogP) is 3.20. The Bertz CT molecular complexity index is 935. The van der Waals surface area contributed by atoms with Crippen LogP contribution in [0.15, 0.2) is 46.8 Å². The van der Waals surface area contributed by atoms with Crippen molar-refractivity contribution in [3.63, 3.8) is 0 Å². The molecule has 1 aromatic carbocycles. The molecule has 8 heteroatoms.